The topological polar surface area (TPSA) is 116 Å². The van der Waals surface area contributed by atoms with E-state index in [-0.39, 0.29) is 18.4 Å². The molecule has 3 heterocycles. The Bertz CT molecular complexity index is 676. The highest BCUT2D eigenvalue weighted by Crippen LogP contribution is 2.25. The Kier molecular flexibility index (Phi) is 5.55. The number of ether oxygens (including phenoxy) is 1. The van der Waals surface area contributed by atoms with Crippen LogP contribution in [0.25, 0.3) is 11.2 Å². The first-order valence-corrected chi connectivity index (χ1v) is 8.15. The summed E-state index contributed by atoms with van der Waals surface area (Å²) in [5, 5.41) is 11.5. The number of aliphatic hydroxyl groups is 1. The fourth-order valence-electron chi connectivity index (χ4n) is 2.93. The van der Waals surface area contributed by atoms with Crippen LogP contribution in [0.2, 0.25) is 0 Å². The third-order valence-corrected chi connectivity index (χ3v) is 4.08. The van der Waals surface area contributed by atoms with Gasteiger partial charge in [0, 0.05) is 19.6 Å². The number of hydrogen-bond donors (Lipinski definition) is 3. The molecule has 9 nitrogen and oxygen atoms in total. The van der Waals surface area contributed by atoms with Gasteiger partial charge < -0.3 is 25.0 Å². The van der Waals surface area contributed by atoms with Crippen LogP contribution in [0, 0.1) is 5.92 Å². The Labute approximate surface area is 139 Å². The van der Waals surface area contributed by atoms with E-state index in [0.717, 1.165) is 30.7 Å². The number of hydrogen-bond acceptors (Lipinski definition) is 7. The summed E-state index contributed by atoms with van der Waals surface area (Å²) in [6.07, 6.45) is 4.89. The number of aliphatic hydroxyl groups excluding tert-OH is 1. The zero-order chi connectivity index (χ0) is 16.8. The largest absolute Gasteiger partial charge is 0.394 e. The molecule has 0 aliphatic carbocycles. The van der Waals surface area contributed by atoms with Crippen molar-refractivity contribution >= 4 is 22.9 Å². The van der Waals surface area contributed by atoms with Crippen LogP contribution < -0.4 is 10.2 Å². The van der Waals surface area contributed by atoms with Gasteiger partial charge in [-0.1, -0.05) is 0 Å². The van der Waals surface area contributed by atoms with Crippen LogP contribution in [0.5, 0.6) is 0 Å². The van der Waals surface area contributed by atoms with Gasteiger partial charge in [-0.15, -0.1) is 0 Å². The van der Waals surface area contributed by atoms with Crippen molar-refractivity contribution in [2.45, 2.75) is 12.8 Å². The maximum Gasteiger partial charge on any atom is 0.224 e. The summed E-state index contributed by atoms with van der Waals surface area (Å²) < 4.78 is 5.15. The highest BCUT2D eigenvalue weighted by molar-refractivity contribution is 5.84. The van der Waals surface area contributed by atoms with Gasteiger partial charge in [-0.05, 0) is 12.8 Å². The number of anilines is 1. The quantitative estimate of drug-likeness (QED) is 0.595. The number of amides is 1. The predicted octanol–water partition coefficient (Wildman–Crippen LogP) is -0.306. The summed E-state index contributed by atoms with van der Waals surface area (Å²) in [5.74, 6) is 0.744. The molecule has 3 rings (SSSR count). The van der Waals surface area contributed by atoms with Crippen molar-refractivity contribution in [3.63, 3.8) is 0 Å². The summed E-state index contributed by atoms with van der Waals surface area (Å²) in [5.41, 5.74) is 1.43. The second-order valence-electron chi connectivity index (χ2n) is 5.71. The third kappa shape index (κ3) is 3.80. The summed E-state index contributed by atoms with van der Waals surface area (Å²) in [4.78, 5) is 30.1. The molecule has 3 N–H and O–H groups in total. The molecule has 2 aromatic rings. The van der Waals surface area contributed by atoms with Crippen molar-refractivity contribution in [1.82, 2.24) is 25.3 Å². The van der Waals surface area contributed by atoms with E-state index in [1.165, 1.54) is 6.33 Å². The van der Waals surface area contributed by atoms with Gasteiger partial charge in [-0.25, -0.2) is 15.0 Å². The van der Waals surface area contributed by atoms with Gasteiger partial charge in [0.1, 0.15) is 11.8 Å². The molecule has 0 radical (unpaired) electrons. The minimum absolute atomic E-state index is 0.00741. The smallest absolute Gasteiger partial charge is 0.224 e. The van der Waals surface area contributed by atoms with E-state index in [1.54, 1.807) is 6.33 Å². The van der Waals surface area contributed by atoms with E-state index in [4.69, 9.17) is 9.84 Å². The maximum atomic E-state index is 12.3. The van der Waals surface area contributed by atoms with E-state index >= 15 is 0 Å². The number of rotatable bonds is 7. The van der Waals surface area contributed by atoms with Crippen molar-refractivity contribution in [3.05, 3.63) is 12.7 Å². The van der Waals surface area contributed by atoms with Crippen molar-refractivity contribution in [1.29, 1.82) is 0 Å². The highest BCUT2D eigenvalue weighted by atomic mass is 16.5. The van der Waals surface area contributed by atoms with Crippen LogP contribution in [0.1, 0.15) is 12.8 Å². The van der Waals surface area contributed by atoms with Gasteiger partial charge in [0.15, 0.2) is 11.5 Å². The molecule has 1 aliphatic heterocycles. The molecular formula is C15H22N6O3. The van der Waals surface area contributed by atoms with E-state index in [1.807, 2.05) is 0 Å². The first kappa shape index (κ1) is 16.6. The fourth-order valence-corrected chi connectivity index (χ4v) is 2.93. The molecule has 1 saturated heterocycles. The molecule has 2 aromatic heterocycles. The number of fused-ring (bicyclic) bond motifs is 1. The molecule has 0 unspecified atom stereocenters. The van der Waals surface area contributed by atoms with Crippen LogP contribution in [-0.4, -0.2) is 70.4 Å². The second kappa shape index (κ2) is 8.02. The first-order valence-electron chi connectivity index (χ1n) is 8.15. The molecular weight excluding hydrogens is 312 g/mol. The highest BCUT2D eigenvalue weighted by Gasteiger charge is 2.27. The molecule has 0 spiro atoms. The van der Waals surface area contributed by atoms with Crippen molar-refractivity contribution in [2.75, 3.05) is 44.4 Å². The monoisotopic (exact) mass is 334 g/mol. The molecule has 1 atom stereocenters. The molecule has 0 aromatic carbocycles. The minimum Gasteiger partial charge on any atom is -0.394 e. The van der Waals surface area contributed by atoms with Crippen LogP contribution in [0.4, 0.5) is 5.82 Å². The molecule has 1 amide bonds. The van der Waals surface area contributed by atoms with Gasteiger partial charge in [0.25, 0.3) is 0 Å². The lowest BCUT2D eigenvalue weighted by molar-refractivity contribution is -0.125. The van der Waals surface area contributed by atoms with Gasteiger partial charge in [0.2, 0.25) is 5.91 Å². The normalized spacial score (nSPS) is 18.0. The van der Waals surface area contributed by atoms with E-state index < -0.39 is 0 Å². The van der Waals surface area contributed by atoms with Crippen LogP contribution >= 0.6 is 0 Å². The average molecular weight is 334 g/mol. The van der Waals surface area contributed by atoms with E-state index in [2.05, 4.69) is 30.2 Å². The van der Waals surface area contributed by atoms with Crippen LogP contribution in [0.3, 0.4) is 0 Å². The Morgan fingerprint density at radius 2 is 2.33 bits per heavy atom. The number of aromatic nitrogens is 4. The van der Waals surface area contributed by atoms with Crippen molar-refractivity contribution in [3.8, 4) is 0 Å². The average Bonchev–Trinajstić information content (AvgIpc) is 3.10. The summed E-state index contributed by atoms with van der Waals surface area (Å²) in [7, 11) is 0. The van der Waals surface area contributed by atoms with Crippen molar-refractivity contribution < 1.29 is 14.6 Å². The number of carbonyl (C=O) groups excluding carboxylic acids is 1. The Morgan fingerprint density at radius 1 is 1.42 bits per heavy atom. The van der Waals surface area contributed by atoms with Crippen molar-refractivity contribution in [2.24, 2.45) is 5.92 Å². The van der Waals surface area contributed by atoms with Gasteiger partial charge in [0.05, 0.1) is 32.1 Å². The molecule has 9 heteroatoms. The fraction of sp³-hybridized carbons (Fsp3) is 0.600. The molecule has 0 saturated carbocycles. The zero-order valence-corrected chi connectivity index (χ0v) is 13.4. The lowest BCUT2D eigenvalue weighted by atomic mass is 9.97. The number of nitrogens with one attached hydrogen (secondary N) is 2. The minimum atomic E-state index is -0.0791. The second-order valence-corrected chi connectivity index (χ2v) is 5.71. The zero-order valence-electron chi connectivity index (χ0n) is 13.4. The van der Waals surface area contributed by atoms with Gasteiger partial charge >= 0.3 is 0 Å². The number of H-pyrrole nitrogens is 1. The van der Waals surface area contributed by atoms with E-state index in [0.29, 0.717) is 32.0 Å². The Hall–Kier alpha value is -2.26. The number of aromatic amines is 1. The SMILES string of the molecule is O=C(NCCOCCO)[C@@H]1CCCN(c2ncnc3nc[nH]c23)C1. The molecule has 1 fully saturated rings. The Morgan fingerprint density at radius 3 is 3.21 bits per heavy atom. The molecule has 130 valence electrons. The van der Waals surface area contributed by atoms with Gasteiger partial charge in [-0.2, -0.15) is 0 Å². The van der Waals surface area contributed by atoms with Gasteiger partial charge in [-0.3, -0.25) is 4.79 Å². The summed E-state index contributed by atoms with van der Waals surface area (Å²) in [6.45, 7) is 2.62. The number of nitrogens with zero attached hydrogens (tertiary/aromatic N) is 4. The third-order valence-electron chi connectivity index (χ3n) is 4.08. The lowest BCUT2D eigenvalue weighted by Gasteiger charge is -2.32. The summed E-state index contributed by atoms with van der Waals surface area (Å²) in [6, 6.07) is 0. The number of imidazole rings is 1. The predicted molar refractivity (Wildman–Crippen MR) is 87.5 cm³/mol. The molecule has 1 aliphatic rings. The van der Waals surface area contributed by atoms with E-state index in [9.17, 15) is 4.79 Å². The van der Waals surface area contributed by atoms with Crippen LogP contribution in [-0.2, 0) is 9.53 Å². The molecule has 0 bridgehead atoms. The maximum absolute atomic E-state index is 12.3. The first-order chi connectivity index (χ1) is 11.8. The number of piperidine rings is 1. The number of carbonyl (C=O) groups is 1. The lowest BCUT2D eigenvalue weighted by Crippen LogP contribution is -2.44. The standard InChI is InChI=1S/C15H22N6O3/c22-5-7-24-6-3-16-15(23)11-2-1-4-21(8-11)14-12-13(18-9-17-12)19-10-20-14/h9-11,22H,1-8H2,(H,16,23)(H,17,18,19,20)/t11-/m1/s1. The Balaban J connectivity index is 1.58. The molecule has 24 heavy (non-hydrogen) atoms. The van der Waals surface area contributed by atoms with Crippen LogP contribution in [0.15, 0.2) is 12.7 Å². The summed E-state index contributed by atoms with van der Waals surface area (Å²) >= 11 is 0.